The highest BCUT2D eigenvalue weighted by Gasteiger charge is 2.14. The molecule has 4 heteroatoms. The van der Waals surface area contributed by atoms with Gasteiger partial charge in [-0.2, -0.15) is 0 Å². The van der Waals surface area contributed by atoms with Crippen LogP contribution in [-0.2, 0) is 4.74 Å². The largest absolute Gasteiger partial charge is 0.495 e. The SMILES string of the molecule is COc1ccc(NCCC2CCOC2)nc1. The van der Waals surface area contributed by atoms with E-state index in [2.05, 4.69) is 10.3 Å². The van der Waals surface area contributed by atoms with Gasteiger partial charge in [-0.05, 0) is 30.9 Å². The molecule has 4 nitrogen and oxygen atoms in total. The van der Waals surface area contributed by atoms with Gasteiger partial charge in [0.1, 0.15) is 11.6 Å². The predicted molar refractivity (Wildman–Crippen MR) is 62.8 cm³/mol. The van der Waals surface area contributed by atoms with E-state index < -0.39 is 0 Å². The Kier molecular flexibility index (Phi) is 3.99. The Labute approximate surface area is 96.0 Å². The van der Waals surface area contributed by atoms with E-state index in [0.29, 0.717) is 5.92 Å². The minimum absolute atomic E-state index is 0.714. The summed E-state index contributed by atoms with van der Waals surface area (Å²) in [4.78, 5) is 4.25. The van der Waals surface area contributed by atoms with Crippen LogP contribution >= 0.6 is 0 Å². The van der Waals surface area contributed by atoms with Crippen molar-refractivity contribution < 1.29 is 9.47 Å². The standard InChI is InChI=1S/C12H18N2O2/c1-15-11-2-3-12(14-8-11)13-6-4-10-5-7-16-9-10/h2-3,8,10H,4-7,9H2,1H3,(H,13,14). The highest BCUT2D eigenvalue weighted by atomic mass is 16.5. The number of hydrogen-bond acceptors (Lipinski definition) is 4. The predicted octanol–water partition coefficient (Wildman–Crippen LogP) is 1.93. The number of nitrogens with zero attached hydrogens (tertiary/aromatic N) is 1. The molecule has 0 aromatic carbocycles. The van der Waals surface area contributed by atoms with Crippen LogP contribution in [0.2, 0.25) is 0 Å². The van der Waals surface area contributed by atoms with Crippen molar-refractivity contribution in [3.05, 3.63) is 18.3 Å². The number of methoxy groups -OCH3 is 1. The fourth-order valence-corrected chi connectivity index (χ4v) is 1.82. The number of ether oxygens (including phenoxy) is 2. The molecule has 0 radical (unpaired) electrons. The van der Waals surface area contributed by atoms with E-state index in [9.17, 15) is 0 Å². The molecule has 2 heterocycles. The van der Waals surface area contributed by atoms with Gasteiger partial charge in [-0.25, -0.2) is 4.98 Å². The minimum atomic E-state index is 0.714. The van der Waals surface area contributed by atoms with E-state index in [-0.39, 0.29) is 0 Å². The first-order valence-electron chi connectivity index (χ1n) is 5.70. The highest BCUT2D eigenvalue weighted by molar-refractivity contribution is 5.37. The topological polar surface area (TPSA) is 43.4 Å². The van der Waals surface area contributed by atoms with Crippen molar-refractivity contribution in [2.45, 2.75) is 12.8 Å². The Morgan fingerprint density at radius 1 is 1.56 bits per heavy atom. The first-order chi connectivity index (χ1) is 7.88. The highest BCUT2D eigenvalue weighted by Crippen LogP contribution is 2.16. The normalized spacial score (nSPS) is 19.7. The van der Waals surface area contributed by atoms with Crippen LogP contribution < -0.4 is 10.1 Å². The molecule has 1 unspecified atom stereocenters. The molecule has 1 aliphatic rings. The third-order valence-electron chi connectivity index (χ3n) is 2.85. The number of nitrogens with one attached hydrogen (secondary N) is 1. The van der Waals surface area contributed by atoms with Crippen LogP contribution in [0.25, 0.3) is 0 Å². The van der Waals surface area contributed by atoms with Crippen LogP contribution in [0.1, 0.15) is 12.8 Å². The van der Waals surface area contributed by atoms with E-state index in [1.807, 2.05) is 12.1 Å². The van der Waals surface area contributed by atoms with Gasteiger partial charge in [0.2, 0.25) is 0 Å². The van der Waals surface area contributed by atoms with Gasteiger partial charge in [0, 0.05) is 19.8 Å². The second-order valence-electron chi connectivity index (χ2n) is 4.03. The summed E-state index contributed by atoms with van der Waals surface area (Å²) >= 11 is 0. The fourth-order valence-electron chi connectivity index (χ4n) is 1.82. The van der Waals surface area contributed by atoms with Crippen molar-refractivity contribution in [1.82, 2.24) is 4.98 Å². The average Bonchev–Trinajstić information content (AvgIpc) is 2.83. The lowest BCUT2D eigenvalue weighted by Gasteiger charge is -2.09. The summed E-state index contributed by atoms with van der Waals surface area (Å²) in [5.74, 6) is 2.40. The van der Waals surface area contributed by atoms with Crippen LogP contribution in [0.3, 0.4) is 0 Å². The molecular weight excluding hydrogens is 204 g/mol. The second kappa shape index (κ2) is 5.70. The molecule has 2 rings (SSSR count). The van der Waals surface area contributed by atoms with Gasteiger partial charge >= 0.3 is 0 Å². The third kappa shape index (κ3) is 3.10. The van der Waals surface area contributed by atoms with E-state index >= 15 is 0 Å². The zero-order chi connectivity index (χ0) is 11.2. The van der Waals surface area contributed by atoms with Crippen molar-refractivity contribution >= 4 is 5.82 Å². The summed E-state index contributed by atoms with van der Waals surface area (Å²) in [6.45, 7) is 2.79. The molecule has 1 N–H and O–H groups in total. The summed E-state index contributed by atoms with van der Waals surface area (Å²) in [7, 11) is 1.64. The van der Waals surface area contributed by atoms with Crippen LogP contribution in [0.5, 0.6) is 5.75 Å². The van der Waals surface area contributed by atoms with Crippen molar-refractivity contribution in [3.8, 4) is 5.75 Å². The molecule has 0 saturated carbocycles. The van der Waals surface area contributed by atoms with E-state index in [0.717, 1.165) is 37.7 Å². The first-order valence-corrected chi connectivity index (χ1v) is 5.70. The molecule has 1 saturated heterocycles. The van der Waals surface area contributed by atoms with Crippen LogP contribution in [0, 0.1) is 5.92 Å². The maximum Gasteiger partial charge on any atom is 0.137 e. The maximum absolute atomic E-state index is 5.33. The molecule has 16 heavy (non-hydrogen) atoms. The molecule has 0 bridgehead atoms. The second-order valence-corrected chi connectivity index (χ2v) is 4.03. The van der Waals surface area contributed by atoms with Gasteiger partial charge in [-0.1, -0.05) is 0 Å². The number of rotatable bonds is 5. The summed E-state index contributed by atoms with van der Waals surface area (Å²) in [5.41, 5.74) is 0. The number of pyridine rings is 1. The molecule has 1 aromatic heterocycles. The lowest BCUT2D eigenvalue weighted by atomic mass is 10.1. The van der Waals surface area contributed by atoms with Crippen LogP contribution in [0.4, 0.5) is 5.82 Å². The van der Waals surface area contributed by atoms with Gasteiger partial charge in [0.05, 0.1) is 13.3 Å². The van der Waals surface area contributed by atoms with Crippen molar-refractivity contribution in [2.24, 2.45) is 5.92 Å². The van der Waals surface area contributed by atoms with Gasteiger partial charge in [0.15, 0.2) is 0 Å². The zero-order valence-corrected chi connectivity index (χ0v) is 9.61. The molecule has 1 atom stereocenters. The Bertz CT molecular complexity index is 307. The zero-order valence-electron chi connectivity index (χ0n) is 9.61. The minimum Gasteiger partial charge on any atom is -0.495 e. The Hall–Kier alpha value is -1.29. The third-order valence-corrected chi connectivity index (χ3v) is 2.85. The summed E-state index contributed by atoms with van der Waals surface area (Å²) < 4.78 is 10.4. The van der Waals surface area contributed by atoms with Crippen LogP contribution in [0.15, 0.2) is 18.3 Å². The lowest BCUT2D eigenvalue weighted by Crippen LogP contribution is -2.09. The molecule has 88 valence electrons. The van der Waals surface area contributed by atoms with Gasteiger partial charge in [-0.15, -0.1) is 0 Å². The number of aromatic nitrogens is 1. The van der Waals surface area contributed by atoms with Gasteiger partial charge in [-0.3, -0.25) is 0 Å². The molecule has 0 spiro atoms. The Morgan fingerprint density at radius 3 is 3.12 bits per heavy atom. The maximum atomic E-state index is 5.33. The van der Waals surface area contributed by atoms with Gasteiger partial charge in [0.25, 0.3) is 0 Å². The average molecular weight is 222 g/mol. The molecule has 1 aliphatic heterocycles. The lowest BCUT2D eigenvalue weighted by molar-refractivity contribution is 0.185. The first kappa shape index (κ1) is 11.2. The smallest absolute Gasteiger partial charge is 0.137 e. The van der Waals surface area contributed by atoms with E-state index in [1.165, 1.54) is 6.42 Å². The molecule has 1 aromatic rings. The van der Waals surface area contributed by atoms with E-state index in [1.54, 1.807) is 13.3 Å². The fraction of sp³-hybridized carbons (Fsp3) is 0.583. The molecule has 0 aliphatic carbocycles. The van der Waals surface area contributed by atoms with E-state index in [4.69, 9.17) is 9.47 Å². The quantitative estimate of drug-likeness (QED) is 0.826. The van der Waals surface area contributed by atoms with Crippen LogP contribution in [-0.4, -0.2) is 31.9 Å². The molecular formula is C12H18N2O2. The van der Waals surface area contributed by atoms with Crippen molar-refractivity contribution in [3.63, 3.8) is 0 Å². The number of anilines is 1. The summed E-state index contributed by atoms with van der Waals surface area (Å²) in [5, 5.41) is 3.30. The van der Waals surface area contributed by atoms with Crippen molar-refractivity contribution in [2.75, 3.05) is 32.2 Å². The molecule has 0 amide bonds. The summed E-state index contributed by atoms with van der Waals surface area (Å²) in [6.07, 6.45) is 4.06. The Morgan fingerprint density at radius 2 is 2.50 bits per heavy atom. The van der Waals surface area contributed by atoms with Crippen molar-refractivity contribution in [1.29, 1.82) is 0 Å². The monoisotopic (exact) mass is 222 g/mol. The Balaban J connectivity index is 1.71. The summed E-state index contributed by atoms with van der Waals surface area (Å²) in [6, 6.07) is 3.85. The molecule has 1 fully saturated rings. The van der Waals surface area contributed by atoms with Gasteiger partial charge < -0.3 is 14.8 Å². The number of hydrogen-bond donors (Lipinski definition) is 1.